The molecule has 2 heterocycles. The number of pyridine rings is 2. The van der Waals surface area contributed by atoms with E-state index in [1.54, 1.807) is 143 Å². The molecular formula is C59H67Mn4N9O15. The molecule has 4 aromatic carbocycles. The Morgan fingerprint density at radius 1 is 0.322 bits per heavy atom. The Bertz CT molecular complexity index is 2700. The Morgan fingerprint density at radius 3 is 0.586 bits per heavy atom. The number of amides is 3. The van der Waals surface area contributed by atoms with E-state index in [9.17, 15) is 34.8 Å². The van der Waals surface area contributed by atoms with Gasteiger partial charge < -0.3 is 74.7 Å². The third kappa shape index (κ3) is 50.5. The third-order valence-corrected chi connectivity index (χ3v) is 8.23. The number of carbonyl (C=O) groups excluding carboxylic acids is 7. The Balaban J connectivity index is -0.000000193. The molecule has 466 valence electrons. The molecule has 6 rings (SSSR count). The van der Waals surface area contributed by atoms with Crippen LogP contribution in [0.25, 0.3) is 0 Å². The van der Waals surface area contributed by atoms with E-state index in [0.29, 0.717) is 68.4 Å². The van der Waals surface area contributed by atoms with Gasteiger partial charge in [-0.05, 0) is 104 Å². The number of hydrogen-bond donors (Lipinski definition) is 0. The maximum Gasteiger partial charge on any atom is 2.00 e. The van der Waals surface area contributed by atoms with Crippen molar-refractivity contribution in [1.29, 1.82) is 0 Å². The summed E-state index contributed by atoms with van der Waals surface area (Å²) in [6, 6.07) is 37.4. The zero-order valence-electron chi connectivity index (χ0n) is 50.1. The summed E-state index contributed by atoms with van der Waals surface area (Å²) in [5.74, 6) is -4.86. The summed E-state index contributed by atoms with van der Waals surface area (Å²) >= 11 is 0. The van der Waals surface area contributed by atoms with Gasteiger partial charge in [0.1, 0.15) is 0 Å². The SMILES string of the molecule is CC(=Nc1ccccc1[O-])c1cccc(C(C)=Nc2ccccc2[O-])n1.CC(=Nc1ccccc1[O-])c1cccc(C(C)=Nc2ccccc2[O-])n1.CC(=O)[O-].CC(=O)[O-].CC(=O)[O-].CC(=O)[O-].CN(C)C=O.CN(C)C=O.CN(C)C=O.[Mn+2].[Mn+2].[Mn+2].[Mn+2]. The van der Waals surface area contributed by atoms with E-state index in [0.717, 1.165) is 46.9 Å². The van der Waals surface area contributed by atoms with Crippen LogP contribution >= 0.6 is 0 Å². The Hall–Kier alpha value is -8.57. The predicted octanol–water partition coefficient (Wildman–Crippen LogP) is 1.15. The number of carbonyl (C=O) groups is 7. The number of hydrogen-bond acceptors (Lipinski definition) is 21. The zero-order valence-corrected chi connectivity index (χ0v) is 54.8. The van der Waals surface area contributed by atoms with Crippen molar-refractivity contribution >= 4 is 88.7 Å². The van der Waals surface area contributed by atoms with Gasteiger partial charge in [-0.3, -0.25) is 34.4 Å². The molecule has 4 radical (unpaired) electrons. The first kappa shape index (κ1) is 92.2. The first-order valence-electron chi connectivity index (χ1n) is 24.1. The number of rotatable bonds is 11. The van der Waals surface area contributed by atoms with E-state index < -0.39 is 23.9 Å². The van der Waals surface area contributed by atoms with E-state index in [1.807, 2.05) is 36.4 Å². The fraction of sp³-hybridized carbons (Fsp3) is 0.237. The summed E-state index contributed by atoms with van der Waals surface area (Å²) in [6.07, 6.45) is 2.25. The van der Waals surface area contributed by atoms with Gasteiger partial charge >= 0.3 is 68.3 Å². The fourth-order valence-electron chi connectivity index (χ4n) is 4.83. The number of nitrogens with zero attached hydrogens (tertiary/aromatic N) is 9. The van der Waals surface area contributed by atoms with Gasteiger partial charge in [-0.2, -0.15) is 0 Å². The molecule has 0 bridgehead atoms. The smallest absolute Gasteiger partial charge is 0.871 e. The molecule has 28 heteroatoms. The quantitative estimate of drug-likeness (QED) is 0.0997. The molecule has 0 saturated heterocycles. The van der Waals surface area contributed by atoms with Gasteiger partial charge in [0.2, 0.25) is 19.2 Å². The Labute approximate surface area is 549 Å². The van der Waals surface area contributed by atoms with Gasteiger partial charge in [-0.25, -0.2) is 9.97 Å². The fourth-order valence-corrected chi connectivity index (χ4v) is 4.83. The molecule has 0 fully saturated rings. The molecule has 87 heavy (non-hydrogen) atoms. The second kappa shape index (κ2) is 54.1. The number of aromatic nitrogens is 2. The van der Waals surface area contributed by atoms with Crippen molar-refractivity contribution in [3.05, 3.63) is 156 Å². The van der Waals surface area contributed by atoms with Crippen molar-refractivity contribution in [2.24, 2.45) is 20.0 Å². The van der Waals surface area contributed by atoms with Gasteiger partial charge in [0.15, 0.2) is 0 Å². The molecule has 3 amide bonds. The van der Waals surface area contributed by atoms with Gasteiger partial charge in [0, 0.05) is 66.2 Å². The van der Waals surface area contributed by atoms with Crippen LogP contribution in [0, 0.1) is 0 Å². The summed E-state index contributed by atoms with van der Waals surface area (Å²) in [7, 11) is 10.1. The molecule has 0 unspecified atom stereocenters. The average molecular weight is 1360 g/mol. The van der Waals surface area contributed by atoms with Gasteiger partial charge in [0.05, 0.1) is 68.4 Å². The summed E-state index contributed by atoms with van der Waals surface area (Å²) in [6.45, 7) is 11.1. The molecule has 0 aliphatic rings. The first-order chi connectivity index (χ1) is 38.8. The zero-order chi connectivity index (χ0) is 64.2. The van der Waals surface area contributed by atoms with Crippen LogP contribution in [0.5, 0.6) is 23.0 Å². The van der Waals surface area contributed by atoms with Gasteiger partial charge in [-0.15, -0.1) is 0 Å². The van der Waals surface area contributed by atoms with Crippen molar-refractivity contribution in [3.8, 4) is 23.0 Å². The van der Waals surface area contributed by atoms with Crippen LogP contribution in [0.2, 0.25) is 0 Å². The predicted molar refractivity (Wildman–Crippen MR) is 301 cm³/mol. The monoisotopic (exact) mass is 1360 g/mol. The van der Waals surface area contributed by atoms with Crippen molar-refractivity contribution in [2.75, 3.05) is 42.3 Å². The van der Waals surface area contributed by atoms with Gasteiger partial charge in [0.25, 0.3) is 0 Å². The van der Waals surface area contributed by atoms with Crippen molar-refractivity contribution in [3.63, 3.8) is 0 Å². The molecule has 0 saturated carbocycles. The van der Waals surface area contributed by atoms with Crippen molar-refractivity contribution < 1.29 is 143 Å². The van der Waals surface area contributed by atoms with Crippen LogP contribution in [0.15, 0.2) is 153 Å². The van der Waals surface area contributed by atoms with Crippen molar-refractivity contribution in [2.45, 2.75) is 55.4 Å². The second-order valence-electron chi connectivity index (χ2n) is 16.6. The maximum absolute atomic E-state index is 11.8. The summed E-state index contributed by atoms with van der Waals surface area (Å²) in [5.41, 5.74) is 6.63. The van der Waals surface area contributed by atoms with E-state index in [1.165, 1.54) is 39.0 Å². The summed E-state index contributed by atoms with van der Waals surface area (Å²) in [5, 5.41) is 82.8. The average Bonchev–Trinajstić information content (AvgIpc) is 3.49. The van der Waals surface area contributed by atoms with Crippen LogP contribution in [0.1, 0.15) is 78.2 Å². The number of benzene rings is 4. The molecule has 0 aliphatic carbocycles. The van der Waals surface area contributed by atoms with Crippen molar-refractivity contribution in [1.82, 2.24) is 24.7 Å². The van der Waals surface area contributed by atoms with E-state index in [2.05, 4.69) is 29.9 Å². The Kier molecular flexibility index (Phi) is 57.3. The topological polar surface area (TPSA) is 389 Å². The molecule has 0 aliphatic heterocycles. The molecule has 0 spiro atoms. The molecule has 0 atom stereocenters. The Morgan fingerprint density at radius 2 is 0.460 bits per heavy atom. The standard InChI is InChI=1S/2C21H19N3O2.3C3H7NO.4C2H4O2.4Mn/c2*1-14(22-18-8-3-5-12-20(18)25)16-10-7-11-17(24-16)15(2)23-19-9-4-6-13-21(19)26;3*1-4(2)3-5;4*1-2(3)4;;;;/h2*3-13,25-26H,1-2H3;3*3H,1-2H3;4*1H3,(H,3,4);;;;/q;;;;;;;;;4*+2/p-8. The normalized spacial score (nSPS) is 9.63. The molecule has 0 N–H and O–H groups in total. The second-order valence-corrected chi connectivity index (χ2v) is 16.6. The minimum atomic E-state index is -1.08. The number of aliphatic carboxylic acids is 4. The van der Waals surface area contributed by atoms with Crippen LogP contribution in [0.3, 0.4) is 0 Å². The van der Waals surface area contributed by atoms with E-state index in [4.69, 9.17) is 39.6 Å². The van der Waals surface area contributed by atoms with Crippen LogP contribution in [-0.4, -0.2) is 133 Å². The number of carboxylic acid groups (broad SMARTS) is 4. The first-order valence-corrected chi connectivity index (χ1v) is 24.1. The van der Waals surface area contributed by atoms with Crippen LogP contribution in [0.4, 0.5) is 22.7 Å². The number of para-hydroxylation sites is 8. The molecule has 2 aromatic heterocycles. The summed E-state index contributed by atoms with van der Waals surface area (Å²) < 4.78 is 0. The number of carboxylic acids is 4. The largest absolute Gasteiger partial charge is 2.00 e. The maximum atomic E-state index is 11.8. The van der Waals surface area contributed by atoms with E-state index >= 15 is 0 Å². The minimum Gasteiger partial charge on any atom is -0.871 e. The van der Waals surface area contributed by atoms with Gasteiger partial charge in [-0.1, -0.05) is 108 Å². The minimum absolute atomic E-state index is 0. The summed E-state index contributed by atoms with van der Waals surface area (Å²) in [4.78, 5) is 94.8. The van der Waals surface area contributed by atoms with Crippen LogP contribution in [-0.2, 0) is 102 Å². The van der Waals surface area contributed by atoms with E-state index in [-0.39, 0.29) is 91.3 Å². The molecular weight excluding hydrogens is 1290 g/mol. The third-order valence-electron chi connectivity index (χ3n) is 8.23. The van der Waals surface area contributed by atoms with Crippen LogP contribution < -0.4 is 40.9 Å². The number of aliphatic imine (C=N–C) groups is 4. The molecule has 6 aromatic rings. The molecule has 24 nitrogen and oxygen atoms in total.